The molecule has 1 aromatic carbocycles. The zero-order valence-corrected chi connectivity index (χ0v) is 15.7. The van der Waals surface area contributed by atoms with Crippen molar-refractivity contribution in [3.8, 4) is 0 Å². The topological polar surface area (TPSA) is 61.4 Å². The van der Waals surface area contributed by atoms with Crippen LogP contribution in [0.5, 0.6) is 0 Å². The first kappa shape index (κ1) is 18.9. The molecule has 0 unspecified atom stereocenters. The van der Waals surface area contributed by atoms with Gasteiger partial charge in [0.2, 0.25) is 11.8 Å². The summed E-state index contributed by atoms with van der Waals surface area (Å²) in [5.41, 5.74) is 0.831. The molecule has 5 heteroatoms. The van der Waals surface area contributed by atoms with Crippen LogP contribution in [0.3, 0.4) is 0 Å². The lowest BCUT2D eigenvalue weighted by Crippen LogP contribution is -2.52. The number of nitrogens with zero attached hydrogens (tertiary/aromatic N) is 1. The summed E-state index contributed by atoms with van der Waals surface area (Å²) in [6.07, 6.45) is 7.74. The van der Waals surface area contributed by atoms with Crippen LogP contribution in [0.2, 0.25) is 0 Å². The molecule has 26 heavy (non-hydrogen) atoms. The zero-order chi connectivity index (χ0) is 18.4. The number of anilines is 1. The number of amides is 2. The summed E-state index contributed by atoms with van der Waals surface area (Å²) in [5, 5.41) is 6.22. The maximum atomic E-state index is 12.6. The molecule has 1 aromatic rings. The molecule has 2 N–H and O–H groups in total. The molecule has 0 bridgehead atoms. The number of rotatable bonds is 5. The summed E-state index contributed by atoms with van der Waals surface area (Å²) in [5.74, 6) is 0.107. The van der Waals surface area contributed by atoms with Crippen molar-refractivity contribution >= 4 is 17.5 Å². The molecule has 1 saturated heterocycles. The Morgan fingerprint density at radius 1 is 1.04 bits per heavy atom. The molecule has 0 radical (unpaired) electrons. The lowest BCUT2D eigenvalue weighted by molar-refractivity contribution is -0.129. The van der Waals surface area contributed by atoms with Gasteiger partial charge in [0, 0.05) is 18.3 Å². The van der Waals surface area contributed by atoms with Crippen LogP contribution >= 0.6 is 0 Å². The summed E-state index contributed by atoms with van der Waals surface area (Å²) in [6, 6.07) is 9.73. The molecular weight excluding hydrogens is 326 g/mol. The number of likely N-dealkylation sites (tertiary alicyclic amines) is 1. The molecule has 1 heterocycles. The highest BCUT2D eigenvalue weighted by atomic mass is 16.2. The van der Waals surface area contributed by atoms with E-state index in [0.29, 0.717) is 12.6 Å². The maximum Gasteiger partial charge on any atom is 0.237 e. The van der Waals surface area contributed by atoms with E-state index in [2.05, 4.69) is 15.5 Å². The number of para-hydroxylation sites is 1. The fourth-order valence-corrected chi connectivity index (χ4v) is 4.07. The van der Waals surface area contributed by atoms with E-state index in [-0.39, 0.29) is 23.8 Å². The van der Waals surface area contributed by atoms with E-state index < -0.39 is 0 Å². The predicted octanol–water partition coefficient (Wildman–Crippen LogP) is 3.17. The number of carbonyl (C=O) groups excluding carboxylic acids is 2. The summed E-state index contributed by atoms with van der Waals surface area (Å²) >= 11 is 0. The second-order valence-corrected chi connectivity index (χ2v) is 7.71. The van der Waals surface area contributed by atoms with Crippen LogP contribution in [-0.4, -0.2) is 41.9 Å². The van der Waals surface area contributed by atoms with Crippen molar-refractivity contribution in [3.63, 3.8) is 0 Å². The van der Waals surface area contributed by atoms with Crippen molar-refractivity contribution in [2.75, 3.05) is 18.4 Å². The minimum atomic E-state index is -0.177. The van der Waals surface area contributed by atoms with Crippen molar-refractivity contribution in [2.24, 2.45) is 5.92 Å². The number of hydrogen-bond donors (Lipinski definition) is 2. The highest BCUT2D eigenvalue weighted by Gasteiger charge is 2.31. The third kappa shape index (κ3) is 5.07. The largest absolute Gasteiger partial charge is 0.352 e. The second kappa shape index (κ2) is 9.17. The molecule has 3 rings (SSSR count). The van der Waals surface area contributed by atoms with Crippen LogP contribution in [0.15, 0.2) is 30.3 Å². The fraction of sp³-hybridized carbons (Fsp3) is 0.619. The van der Waals surface area contributed by atoms with Crippen LogP contribution in [0.1, 0.15) is 51.9 Å². The fourth-order valence-electron chi connectivity index (χ4n) is 4.07. The molecule has 5 nitrogen and oxygen atoms in total. The monoisotopic (exact) mass is 357 g/mol. The van der Waals surface area contributed by atoms with Gasteiger partial charge in [-0.05, 0) is 51.3 Å². The zero-order valence-electron chi connectivity index (χ0n) is 15.7. The Morgan fingerprint density at radius 2 is 1.77 bits per heavy atom. The van der Waals surface area contributed by atoms with Crippen molar-refractivity contribution < 1.29 is 9.59 Å². The van der Waals surface area contributed by atoms with E-state index in [1.165, 1.54) is 19.3 Å². The first-order valence-electron chi connectivity index (χ1n) is 10.0. The average molecular weight is 357 g/mol. The Kier molecular flexibility index (Phi) is 6.67. The highest BCUT2D eigenvalue weighted by molar-refractivity contribution is 5.92. The van der Waals surface area contributed by atoms with Gasteiger partial charge in [0.15, 0.2) is 0 Å². The first-order chi connectivity index (χ1) is 12.6. The van der Waals surface area contributed by atoms with Gasteiger partial charge < -0.3 is 10.6 Å². The number of hydrogen-bond acceptors (Lipinski definition) is 3. The molecule has 1 aliphatic carbocycles. The number of nitrogens with one attached hydrogen (secondary N) is 2. The van der Waals surface area contributed by atoms with Gasteiger partial charge >= 0.3 is 0 Å². The van der Waals surface area contributed by atoms with Crippen LogP contribution in [0, 0.1) is 5.92 Å². The van der Waals surface area contributed by atoms with Gasteiger partial charge in [-0.25, -0.2) is 0 Å². The number of carbonyl (C=O) groups is 2. The van der Waals surface area contributed by atoms with Crippen molar-refractivity contribution in [2.45, 2.75) is 64.0 Å². The minimum Gasteiger partial charge on any atom is -0.352 e. The van der Waals surface area contributed by atoms with Crippen LogP contribution < -0.4 is 10.6 Å². The van der Waals surface area contributed by atoms with Gasteiger partial charge in [0.25, 0.3) is 0 Å². The first-order valence-corrected chi connectivity index (χ1v) is 10.0. The third-order valence-electron chi connectivity index (χ3n) is 5.74. The molecule has 1 aliphatic heterocycles. The SMILES string of the molecule is C[C@@H](C(=O)NC1CCCCC1)N1CCC[C@@H](C(=O)Nc2ccccc2)C1. The molecular formula is C21H31N3O2. The van der Waals surface area contributed by atoms with E-state index in [4.69, 9.17) is 0 Å². The Balaban J connectivity index is 1.51. The third-order valence-corrected chi connectivity index (χ3v) is 5.74. The Morgan fingerprint density at radius 3 is 2.50 bits per heavy atom. The van der Waals surface area contributed by atoms with Gasteiger partial charge in [-0.3, -0.25) is 14.5 Å². The smallest absolute Gasteiger partial charge is 0.237 e. The Labute approximate surface area is 156 Å². The minimum absolute atomic E-state index is 0.0563. The quantitative estimate of drug-likeness (QED) is 0.851. The van der Waals surface area contributed by atoms with E-state index in [1.807, 2.05) is 37.3 Å². The molecule has 2 atom stereocenters. The summed E-state index contributed by atoms with van der Waals surface area (Å²) in [7, 11) is 0. The lowest BCUT2D eigenvalue weighted by atomic mass is 9.94. The van der Waals surface area contributed by atoms with Crippen molar-refractivity contribution in [3.05, 3.63) is 30.3 Å². The molecule has 2 aliphatic rings. The van der Waals surface area contributed by atoms with Crippen LogP contribution in [-0.2, 0) is 9.59 Å². The van der Waals surface area contributed by atoms with Crippen molar-refractivity contribution in [1.29, 1.82) is 0 Å². The summed E-state index contributed by atoms with van der Waals surface area (Å²) < 4.78 is 0. The molecule has 142 valence electrons. The maximum absolute atomic E-state index is 12.6. The Bertz CT molecular complexity index is 599. The average Bonchev–Trinajstić information content (AvgIpc) is 2.69. The van der Waals surface area contributed by atoms with Crippen molar-refractivity contribution in [1.82, 2.24) is 10.2 Å². The molecule has 1 saturated carbocycles. The van der Waals surface area contributed by atoms with Gasteiger partial charge in [-0.1, -0.05) is 37.5 Å². The normalized spacial score (nSPS) is 23.2. The summed E-state index contributed by atoms with van der Waals surface area (Å²) in [6.45, 7) is 3.50. The second-order valence-electron chi connectivity index (χ2n) is 7.71. The molecule has 0 aromatic heterocycles. The van der Waals surface area contributed by atoms with Crippen LogP contribution in [0.4, 0.5) is 5.69 Å². The van der Waals surface area contributed by atoms with Gasteiger partial charge in [0.1, 0.15) is 0 Å². The van der Waals surface area contributed by atoms with E-state index in [1.54, 1.807) is 0 Å². The highest BCUT2D eigenvalue weighted by Crippen LogP contribution is 2.22. The predicted molar refractivity (Wildman–Crippen MR) is 104 cm³/mol. The standard InChI is InChI=1S/C21H31N3O2/c1-16(20(25)22-18-10-4-2-5-11-18)24-14-8-9-17(15-24)21(26)23-19-12-6-3-7-13-19/h3,6-7,12-13,16-18H,2,4-5,8-11,14-15H2,1H3,(H,22,25)(H,23,26)/t16-,17+/m0/s1. The lowest BCUT2D eigenvalue weighted by Gasteiger charge is -2.36. The molecule has 2 fully saturated rings. The van der Waals surface area contributed by atoms with Crippen LogP contribution in [0.25, 0.3) is 0 Å². The Hall–Kier alpha value is -1.88. The molecule has 2 amide bonds. The van der Waals surface area contributed by atoms with Gasteiger partial charge in [-0.15, -0.1) is 0 Å². The van der Waals surface area contributed by atoms with E-state index in [9.17, 15) is 9.59 Å². The summed E-state index contributed by atoms with van der Waals surface area (Å²) in [4.78, 5) is 27.4. The van der Waals surface area contributed by atoms with E-state index in [0.717, 1.165) is 37.9 Å². The van der Waals surface area contributed by atoms with Gasteiger partial charge in [0.05, 0.1) is 12.0 Å². The molecule has 0 spiro atoms. The van der Waals surface area contributed by atoms with E-state index >= 15 is 0 Å². The van der Waals surface area contributed by atoms with Gasteiger partial charge in [-0.2, -0.15) is 0 Å². The number of benzene rings is 1. The number of piperidine rings is 1.